The number of ether oxygens (including phenoxy) is 1. The first kappa shape index (κ1) is 18.9. The smallest absolute Gasteiger partial charge is 0.322 e. The lowest BCUT2D eigenvalue weighted by Gasteiger charge is -2.29. The van der Waals surface area contributed by atoms with Crippen LogP contribution < -0.4 is 10.1 Å². The number of carboxylic acid groups (broad SMARTS) is 1. The van der Waals surface area contributed by atoms with Crippen LogP contribution in [0, 0.1) is 0 Å². The minimum atomic E-state index is -1.05. The number of carbonyl (C=O) groups is 2. The molecule has 2 aromatic carbocycles. The van der Waals surface area contributed by atoms with Gasteiger partial charge in [0.2, 0.25) is 5.91 Å². The topological polar surface area (TPSA) is 78.9 Å². The van der Waals surface area contributed by atoms with Gasteiger partial charge in [-0.05, 0) is 36.2 Å². The summed E-state index contributed by atoms with van der Waals surface area (Å²) < 4.78 is 5.37. The number of hydrogen-bond acceptors (Lipinski definition) is 4. The number of hydrogen-bond donors (Lipinski definition) is 2. The number of benzene rings is 2. The summed E-state index contributed by atoms with van der Waals surface area (Å²) in [6, 6.07) is 18.2. The molecular weight excluding hydrogens is 344 g/mol. The number of nitrogens with one attached hydrogen (secondary N) is 1. The van der Waals surface area contributed by atoms with Crippen LogP contribution in [-0.4, -0.2) is 48.6 Å². The van der Waals surface area contributed by atoms with Crippen molar-refractivity contribution in [1.29, 1.82) is 0 Å². The van der Waals surface area contributed by atoms with Crippen molar-refractivity contribution in [2.24, 2.45) is 0 Å². The van der Waals surface area contributed by atoms with Crippen molar-refractivity contribution in [3.8, 4) is 5.75 Å². The monoisotopic (exact) mass is 368 g/mol. The van der Waals surface area contributed by atoms with E-state index in [-0.39, 0.29) is 31.0 Å². The maximum Gasteiger partial charge on any atom is 0.322 e. The Morgan fingerprint density at radius 3 is 2.59 bits per heavy atom. The summed E-state index contributed by atoms with van der Waals surface area (Å²) in [7, 11) is 1.64. The number of carbonyl (C=O) groups excluding carboxylic acids is 1. The molecule has 0 aliphatic carbocycles. The van der Waals surface area contributed by atoms with Crippen molar-refractivity contribution >= 4 is 11.9 Å². The molecule has 0 saturated carbocycles. The third kappa shape index (κ3) is 4.65. The van der Waals surface area contributed by atoms with Gasteiger partial charge >= 0.3 is 5.97 Å². The molecule has 1 aliphatic heterocycles. The van der Waals surface area contributed by atoms with Crippen molar-refractivity contribution in [2.75, 3.05) is 26.7 Å². The SMILES string of the molecule is COc1cccc(C2C(c3ccccc3)CCN2CC(=O)NCC(=O)O)c1. The maximum absolute atomic E-state index is 12.2. The highest BCUT2D eigenvalue weighted by Gasteiger charge is 2.37. The van der Waals surface area contributed by atoms with Gasteiger partial charge < -0.3 is 15.2 Å². The molecule has 0 radical (unpaired) electrons. The van der Waals surface area contributed by atoms with Gasteiger partial charge in [-0.1, -0.05) is 42.5 Å². The molecule has 1 saturated heterocycles. The van der Waals surface area contributed by atoms with E-state index in [1.54, 1.807) is 7.11 Å². The molecule has 6 heteroatoms. The second-order valence-electron chi connectivity index (χ2n) is 6.67. The summed E-state index contributed by atoms with van der Waals surface area (Å²) >= 11 is 0. The van der Waals surface area contributed by atoms with Crippen LogP contribution in [0.5, 0.6) is 5.75 Å². The van der Waals surface area contributed by atoms with Crippen LogP contribution in [0.25, 0.3) is 0 Å². The fourth-order valence-electron chi connectivity index (χ4n) is 3.77. The predicted molar refractivity (Wildman–Crippen MR) is 102 cm³/mol. The van der Waals surface area contributed by atoms with Crippen LogP contribution in [0.2, 0.25) is 0 Å². The second kappa shape index (κ2) is 8.68. The Hall–Kier alpha value is -2.86. The number of aliphatic carboxylic acids is 1. The highest BCUT2D eigenvalue weighted by Crippen LogP contribution is 2.44. The highest BCUT2D eigenvalue weighted by molar-refractivity contribution is 5.82. The quantitative estimate of drug-likeness (QED) is 0.785. The lowest BCUT2D eigenvalue weighted by molar-refractivity contribution is -0.138. The summed E-state index contributed by atoms with van der Waals surface area (Å²) in [5, 5.41) is 11.2. The molecule has 2 atom stereocenters. The largest absolute Gasteiger partial charge is 0.497 e. The summed E-state index contributed by atoms with van der Waals surface area (Å²) in [5.74, 6) is -0.289. The summed E-state index contributed by atoms with van der Waals surface area (Å²) in [6.45, 7) is 0.568. The van der Waals surface area contributed by atoms with Crippen LogP contribution in [0.15, 0.2) is 54.6 Å². The van der Waals surface area contributed by atoms with Crippen molar-refractivity contribution in [3.05, 3.63) is 65.7 Å². The number of methoxy groups -OCH3 is 1. The highest BCUT2D eigenvalue weighted by atomic mass is 16.5. The molecule has 2 unspecified atom stereocenters. The van der Waals surface area contributed by atoms with Gasteiger partial charge in [-0.3, -0.25) is 14.5 Å². The molecule has 3 rings (SSSR count). The van der Waals surface area contributed by atoms with Gasteiger partial charge in [-0.2, -0.15) is 0 Å². The van der Waals surface area contributed by atoms with Crippen LogP contribution in [-0.2, 0) is 9.59 Å². The molecule has 1 heterocycles. The number of likely N-dealkylation sites (tertiary alicyclic amines) is 1. The van der Waals surface area contributed by atoms with E-state index in [0.717, 1.165) is 24.3 Å². The molecule has 0 spiro atoms. The van der Waals surface area contributed by atoms with Gasteiger partial charge in [0.1, 0.15) is 12.3 Å². The van der Waals surface area contributed by atoms with Gasteiger partial charge in [-0.25, -0.2) is 0 Å². The standard InChI is InChI=1S/C21H24N2O4/c1-27-17-9-5-8-16(12-17)21-18(15-6-3-2-4-7-15)10-11-23(21)14-19(24)22-13-20(25)26/h2-9,12,18,21H,10-11,13-14H2,1H3,(H,22,24)(H,25,26). The Morgan fingerprint density at radius 2 is 1.89 bits per heavy atom. The van der Waals surface area contributed by atoms with Crippen LogP contribution in [0.1, 0.15) is 29.5 Å². The molecule has 0 aromatic heterocycles. The first-order valence-corrected chi connectivity index (χ1v) is 9.00. The maximum atomic E-state index is 12.2. The molecule has 1 amide bonds. The van der Waals surface area contributed by atoms with E-state index >= 15 is 0 Å². The van der Waals surface area contributed by atoms with Gasteiger partial charge in [0, 0.05) is 12.0 Å². The predicted octanol–water partition coefficient (Wildman–Crippen LogP) is 2.43. The fourth-order valence-corrected chi connectivity index (χ4v) is 3.77. The molecule has 27 heavy (non-hydrogen) atoms. The average Bonchev–Trinajstić information content (AvgIpc) is 3.10. The number of nitrogens with zero attached hydrogens (tertiary/aromatic N) is 1. The van der Waals surface area contributed by atoms with E-state index in [4.69, 9.17) is 9.84 Å². The molecule has 1 aliphatic rings. The van der Waals surface area contributed by atoms with E-state index in [9.17, 15) is 9.59 Å². The molecule has 2 N–H and O–H groups in total. The summed E-state index contributed by atoms with van der Waals surface area (Å²) in [4.78, 5) is 25.0. The van der Waals surface area contributed by atoms with Gasteiger partial charge in [0.05, 0.1) is 13.7 Å². The Bertz CT molecular complexity index is 794. The Kier molecular flexibility index (Phi) is 6.08. The third-order valence-corrected chi connectivity index (χ3v) is 4.95. The van der Waals surface area contributed by atoms with Crippen LogP contribution >= 0.6 is 0 Å². The Balaban J connectivity index is 1.86. The van der Waals surface area contributed by atoms with E-state index in [0.29, 0.717) is 0 Å². The van der Waals surface area contributed by atoms with Crippen molar-refractivity contribution < 1.29 is 19.4 Å². The van der Waals surface area contributed by atoms with Crippen LogP contribution in [0.4, 0.5) is 0 Å². The molecule has 2 aromatic rings. The Labute approximate surface area is 158 Å². The lowest BCUT2D eigenvalue weighted by atomic mass is 9.87. The first-order valence-electron chi connectivity index (χ1n) is 9.00. The molecule has 142 valence electrons. The summed E-state index contributed by atoms with van der Waals surface area (Å²) in [5.41, 5.74) is 2.32. The van der Waals surface area contributed by atoms with Gasteiger partial charge in [0.15, 0.2) is 0 Å². The minimum absolute atomic E-state index is 0.0260. The molecule has 6 nitrogen and oxygen atoms in total. The second-order valence-corrected chi connectivity index (χ2v) is 6.67. The first-order chi connectivity index (χ1) is 13.1. The van der Waals surface area contributed by atoms with E-state index in [1.807, 2.05) is 36.4 Å². The van der Waals surface area contributed by atoms with E-state index in [1.165, 1.54) is 5.56 Å². The zero-order valence-electron chi connectivity index (χ0n) is 15.3. The molecule has 1 fully saturated rings. The zero-order valence-corrected chi connectivity index (χ0v) is 15.3. The number of rotatable bonds is 7. The average molecular weight is 368 g/mol. The van der Waals surface area contributed by atoms with E-state index < -0.39 is 5.97 Å². The van der Waals surface area contributed by atoms with E-state index in [2.05, 4.69) is 28.4 Å². The van der Waals surface area contributed by atoms with Crippen LogP contribution in [0.3, 0.4) is 0 Å². The lowest BCUT2D eigenvalue weighted by Crippen LogP contribution is -2.39. The minimum Gasteiger partial charge on any atom is -0.497 e. The summed E-state index contributed by atoms with van der Waals surface area (Å²) in [6.07, 6.45) is 0.929. The Morgan fingerprint density at radius 1 is 1.15 bits per heavy atom. The third-order valence-electron chi connectivity index (χ3n) is 4.95. The van der Waals surface area contributed by atoms with Crippen molar-refractivity contribution in [1.82, 2.24) is 10.2 Å². The fraction of sp³-hybridized carbons (Fsp3) is 0.333. The van der Waals surface area contributed by atoms with Crippen molar-refractivity contribution in [2.45, 2.75) is 18.4 Å². The zero-order chi connectivity index (χ0) is 19.2. The number of carboxylic acids is 1. The number of amides is 1. The molecular formula is C21H24N2O4. The normalized spacial score (nSPS) is 19.6. The van der Waals surface area contributed by atoms with Crippen molar-refractivity contribution in [3.63, 3.8) is 0 Å². The van der Waals surface area contributed by atoms with Gasteiger partial charge in [0.25, 0.3) is 0 Å². The van der Waals surface area contributed by atoms with Gasteiger partial charge in [-0.15, -0.1) is 0 Å². The molecule has 0 bridgehead atoms.